The van der Waals surface area contributed by atoms with Crippen molar-refractivity contribution in [3.8, 4) is 6.07 Å². The summed E-state index contributed by atoms with van der Waals surface area (Å²) in [5.74, 6) is -0.773. The maximum absolute atomic E-state index is 13.2. The first-order chi connectivity index (χ1) is 15.8. The van der Waals surface area contributed by atoms with Gasteiger partial charge in [-0.3, -0.25) is 19.3 Å². The average molecular weight is 470 g/mol. The van der Waals surface area contributed by atoms with Crippen LogP contribution in [0.15, 0.2) is 35.4 Å². The van der Waals surface area contributed by atoms with E-state index in [4.69, 9.17) is 0 Å². The van der Waals surface area contributed by atoms with Gasteiger partial charge in [-0.1, -0.05) is 17.8 Å². The maximum Gasteiger partial charge on any atom is 0.238 e. The van der Waals surface area contributed by atoms with E-state index in [1.165, 1.54) is 43.0 Å². The minimum atomic E-state index is -0.417. The largest absolute Gasteiger partial charge is 0.339 e. The monoisotopic (exact) mass is 469 g/mol. The molecule has 0 unspecified atom stereocenters. The number of piperazine rings is 1. The molecule has 2 heterocycles. The van der Waals surface area contributed by atoms with Crippen LogP contribution in [0.4, 0.5) is 10.1 Å². The molecule has 10 heteroatoms. The van der Waals surface area contributed by atoms with E-state index in [2.05, 4.69) is 10.3 Å². The number of pyridine rings is 1. The van der Waals surface area contributed by atoms with E-state index < -0.39 is 5.82 Å². The lowest BCUT2D eigenvalue weighted by atomic mass is 10.1. The van der Waals surface area contributed by atoms with Crippen LogP contribution in [0.3, 0.4) is 0 Å². The van der Waals surface area contributed by atoms with Crippen LogP contribution in [-0.2, 0) is 9.59 Å². The number of carbonyl (C=O) groups excluding carboxylic acids is 3. The summed E-state index contributed by atoms with van der Waals surface area (Å²) in [4.78, 5) is 44.5. The fourth-order valence-electron chi connectivity index (χ4n) is 3.48. The molecule has 8 nitrogen and oxygen atoms in total. The van der Waals surface area contributed by atoms with Gasteiger partial charge in [0.05, 0.1) is 17.9 Å². The molecule has 1 aliphatic rings. The summed E-state index contributed by atoms with van der Waals surface area (Å²) < 4.78 is 13.2. The number of aryl methyl sites for hydroxylation is 1. The zero-order chi connectivity index (χ0) is 24.0. The van der Waals surface area contributed by atoms with E-state index in [9.17, 15) is 24.0 Å². The molecule has 2 aromatic rings. The first-order valence-electron chi connectivity index (χ1n) is 10.4. The van der Waals surface area contributed by atoms with Gasteiger partial charge in [0.15, 0.2) is 5.78 Å². The van der Waals surface area contributed by atoms with Crippen molar-refractivity contribution in [2.45, 2.75) is 18.9 Å². The first kappa shape index (κ1) is 24.4. The molecular weight excluding hydrogens is 445 g/mol. The molecule has 172 valence electrons. The van der Waals surface area contributed by atoms with E-state index in [0.717, 1.165) is 0 Å². The van der Waals surface area contributed by atoms with Gasteiger partial charge in [-0.2, -0.15) is 5.26 Å². The zero-order valence-electron chi connectivity index (χ0n) is 18.4. The van der Waals surface area contributed by atoms with Gasteiger partial charge >= 0.3 is 0 Å². The Kier molecular flexibility index (Phi) is 8.14. The average Bonchev–Trinajstić information content (AvgIpc) is 2.77. The van der Waals surface area contributed by atoms with E-state index in [1.54, 1.807) is 17.9 Å². The molecule has 0 atom stereocenters. The first-order valence-corrected chi connectivity index (χ1v) is 11.4. The summed E-state index contributed by atoms with van der Waals surface area (Å²) in [7, 11) is 0. The summed E-state index contributed by atoms with van der Waals surface area (Å²) in [6, 6.07) is 9.28. The van der Waals surface area contributed by atoms with Crippen molar-refractivity contribution in [2.75, 3.05) is 43.8 Å². The Hall–Kier alpha value is -3.29. The lowest BCUT2D eigenvalue weighted by molar-refractivity contribution is -0.130. The highest BCUT2D eigenvalue weighted by Crippen LogP contribution is 2.23. The molecule has 1 aromatic heterocycles. The van der Waals surface area contributed by atoms with Crippen LogP contribution in [0.2, 0.25) is 0 Å². The highest BCUT2D eigenvalue weighted by atomic mass is 32.2. The Labute approximate surface area is 195 Å². The number of amides is 2. The van der Waals surface area contributed by atoms with Crippen molar-refractivity contribution in [1.82, 2.24) is 14.8 Å². The van der Waals surface area contributed by atoms with E-state index in [0.29, 0.717) is 48.1 Å². The van der Waals surface area contributed by atoms with E-state index in [-0.39, 0.29) is 35.5 Å². The second-order valence-electron chi connectivity index (χ2n) is 7.65. The minimum absolute atomic E-state index is 0.0807. The van der Waals surface area contributed by atoms with Gasteiger partial charge in [-0.25, -0.2) is 9.37 Å². The van der Waals surface area contributed by atoms with Crippen LogP contribution in [0.25, 0.3) is 0 Å². The smallest absolute Gasteiger partial charge is 0.238 e. The molecule has 0 aliphatic carbocycles. The van der Waals surface area contributed by atoms with Gasteiger partial charge in [0.2, 0.25) is 11.8 Å². The van der Waals surface area contributed by atoms with E-state index >= 15 is 0 Å². The number of hydrogen-bond donors (Lipinski definition) is 1. The minimum Gasteiger partial charge on any atom is -0.339 e. The molecule has 1 N–H and O–H groups in total. The Morgan fingerprint density at radius 2 is 1.94 bits per heavy atom. The number of nitrogens with one attached hydrogen (secondary N) is 1. The van der Waals surface area contributed by atoms with Crippen LogP contribution < -0.4 is 5.32 Å². The van der Waals surface area contributed by atoms with E-state index in [1.807, 2.05) is 11.0 Å². The zero-order valence-corrected chi connectivity index (χ0v) is 19.2. The third-order valence-corrected chi connectivity index (χ3v) is 6.19. The van der Waals surface area contributed by atoms with Crippen LogP contribution in [0.5, 0.6) is 0 Å². The lowest BCUT2D eigenvalue weighted by Crippen LogP contribution is -2.50. The second kappa shape index (κ2) is 11.0. The molecule has 0 bridgehead atoms. The van der Waals surface area contributed by atoms with Crippen molar-refractivity contribution < 1.29 is 18.8 Å². The van der Waals surface area contributed by atoms with Crippen molar-refractivity contribution in [3.63, 3.8) is 0 Å². The molecule has 33 heavy (non-hydrogen) atoms. The second-order valence-corrected chi connectivity index (χ2v) is 8.61. The number of hydrogen-bond acceptors (Lipinski definition) is 7. The highest BCUT2D eigenvalue weighted by molar-refractivity contribution is 8.00. The number of benzene rings is 1. The van der Waals surface area contributed by atoms with Crippen LogP contribution in [0, 0.1) is 24.1 Å². The molecule has 1 aliphatic heterocycles. The Balaban J connectivity index is 1.48. The molecule has 0 saturated carbocycles. The van der Waals surface area contributed by atoms with Crippen molar-refractivity contribution in [3.05, 3.63) is 53.0 Å². The van der Waals surface area contributed by atoms with Gasteiger partial charge in [0, 0.05) is 43.1 Å². The molecule has 3 rings (SSSR count). The van der Waals surface area contributed by atoms with Crippen molar-refractivity contribution in [1.29, 1.82) is 5.26 Å². The predicted molar refractivity (Wildman–Crippen MR) is 122 cm³/mol. The number of anilines is 1. The van der Waals surface area contributed by atoms with Crippen LogP contribution >= 0.6 is 11.8 Å². The number of nitrogens with zero attached hydrogens (tertiary/aromatic N) is 4. The molecule has 2 amide bonds. The number of carbonyl (C=O) groups is 3. The fraction of sp³-hybridized carbons (Fsp3) is 0.348. The normalized spacial score (nSPS) is 13.9. The summed E-state index contributed by atoms with van der Waals surface area (Å²) in [6.45, 7) is 5.33. The van der Waals surface area contributed by atoms with Crippen molar-refractivity contribution >= 4 is 35.0 Å². The number of thioether (sulfide) groups is 1. The fourth-order valence-corrected chi connectivity index (χ4v) is 4.38. The van der Waals surface area contributed by atoms with Crippen LogP contribution in [-0.4, -0.2) is 70.9 Å². The Morgan fingerprint density at radius 3 is 2.58 bits per heavy atom. The lowest BCUT2D eigenvalue weighted by Gasteiger charge is -2.34. The Bertz CT molecular complexity index is 1110. The third-order valence-electron chi connectivity index (χ3n) is 5.21. The number of rotatable bonds is 7. The third kappa shape index (κ3) is 6.60. The van der Waals surface area contributed by atoms with Crippen LogP contribution in [0.1, 0.15) is 28.5 Å². The SMILES string of the molecule is CC(=O)c1cc(C#N)c(SCC(=O)N2CCN(CC(=O)Nc3cccc(F)c3)CC2)nc1C. The highest BCUT2D eigenvalue weighted by Gasteiger charge is 2.23. The summed E-state index contributed by atoms with van der Waals surface area (Å²) >= 11 is 1.18. The standard InChI is InChI=1S/C23H24FN5O3S/c1-15-20(16(2)30)10-17(12-25)23(26-15)33-14-22(32)29-8-6-28(7-9-29)13-21(31)27-19-5-3-4-18(24)11-19/h3-5,10-11H,6-9,13-14H2,1-2H3,(H,27,31). The molecule has 1 saturated heterocycles. The predicted octanol–water partition coefficient (Wildman–Crippen LogP) is 2.48. The quantitative estimate of drug-likeness (QED) is 0.490. The maximum atomic E-state index is 13.2. The van der Waals surface area contributed by atoms with Gasteiger partial charge in [0.25, 0.3) is 0 Å². The number of Topliss-reactive ketones (excluding diaryl/α,β-unsaturated/α-hetero) is 1. The molecular formula is C23H24FN5O3S. The summed E-state index contributed by atoms with van der Waals surface area (Å²) in [5, 5.41) is 12.5. The molecule has 1 fully saturated rings. The molecule has 1 aromatic carbocycles. The summed E-state index contributed by atoms with van der Waals surface area (Å²) in [6.07, 6.45) is 0. The van der Waals surface area contributed by atoms with Gasteiger partial charge < -0.3 is 10.2 Å². The number of halogens is 1. The summed E-state index contributed by atoms with van der Waals surface area (Å²) in [5.41, 5.74) is 1.61. The van der Waals surface area contributed by atoms with Gasteiger partial charge in [-0.15, -0.1) is 0 Å². The number of aromatic nitrogens is 1. The van der Waals surface area contributed by atoms with Crippen molar-refractivity contribution in [2.24, 2.45) is 0 Å². The molecule has 0 spiro atoms. The molecule has 0 radical (unpaired) electrons. The topological polar surface area (TPSA) is 106 Å². The van der Waals surface area contributed by atoms with Gasteiger partial charge in [0.1, 0.15) is 16.9 Å². The van der Waals surface area contributed by atoms with Gasteiger partial charge in [-0.05, 0) is 38.1 Å². The number of ketones is 1. The number of nitriles is 1. The Morgan fingerprint density at radius 1 is 1.21 bits per heavy atom.